The quantitative estimate of drug-likeness (QED) is 0.581. The van der Waals surface area contributed by atoms with Crippen molar-refractivity contribution in [3.63, 3.8) is 0 Å². The number of carbonyl (C=O) groups excluding carboxylic acids is 1. The van der Waals surface area contributed by atoms with E-state index in [2.05, 4.69) is 19.5 Å². The zero-order valence-electron chi connectivity index (χ0n) is 16.2. The van der Waals surface area contributed by atoms with Crippen LogP contribution in [0.3, 0.4) is 0 Å². The molecule has 3 aromatic heterocycles. The summed E-state index contributed by atoms with van der Waals surface area (Å²) in [5, 5.41) is 1.12. The number of hydrogen-bond donors (Lipinski definition) is 1. The van der Waals surface area contributed by atoms with Crippen LogP contribution in [0.15, 0.2) is 67.3 Å². The number of nitrogens with zero attached hydrogens (tertiary/aromatic N) is 4. The molecule has 0 unspecified atom stereocenters. The van der Waals surface area contributed by atoms with E-state index >= 15 is 0 Å². The van der Waals surface area contributed by atoms with Crippen LogP contribution in [0.25, 0.3) is 10.9 Å². The van der Waals surface area contributed by atoms with Crippen LogP contribution in [0.4, 0.5) is 0 Å². The number of hydrogen-bond acceptors (Lipinski definition) is 3. The summed E-state index contributed by atoms with van der Waals surface area (Å²) in [7, 11) is 0. The molecule has 29 heavy (non-hydrogen) atoms. The SMILES string of the molecule is O=C(c1ccc2cc[nH]c2c1)N1CCC[C@H](c2nccn2Cc2ccccn2)C1. The molecular weight excluding hydrogens is 362 g/mol. The topological polar surface area (TPSA) is 66.8 Å². The van der Waals surface area contributed by atoms with Gasteiger partial charge in [-0.2, -0.15) is 0 Å². The van der Waals surface area contributed by atoms with E-state index in [9.17, 15) is 4.79 Å². The van der Waals surface area contributed by atoms with Crippen molar-refractivity contribution >= 4 is 16.8 Å². The second-order valence-corrected chi connectivity index (χ2v) is 7.60. The smallest absolute Gasteiger partial charge is 0.253 e. The van der Waals surface area contributed by atoms with Gasteiger partial charge in [-0.05, 0) is 48.6 Å². The van der Waals surface area contributed by atoms with Crippen LogP contribution >= 0.6 is 0 Å². The minimum absolute atomic E-state index is 0.0917. The third kappa shape index (κ3) is 3.53. The van der Waals surface area contributed by atoms with Crippen molar-refractivity contribution in [2.75, 3.05) is 13.1 Å². The van der Waals surface area contributed by atoms with Gasteiger partial charge in [-0.3, -0.25) is 9.78 Å². The number of fused-ring (bicyclic) bond motifs is 1. The summed E-state index contributed by atoms with van der Waals surface area (Å²) in [6, 6.07) is 13.8. The van der Waals surface area contributed by atoms with E-state index in [1.54, 1.807) is 0 Å². The molecular formula is C23H23N5O. The second kappa shape index (κ2) is 7.54. The first-order chi connectivity index (χ1) is 14.3. The van der Waals surface area contributed by atoms with Crippen molar-refractivity contribution in [1.82, 2.24) is 24.4 Å². The summed E-state index contributed by atoms with van der Waals surface area (Å²) >= 11 is 0. The number of likely N-dealkylation sites (tertiary alicyclic amines) is 1. The molecule has 5 rings (SSSR count). The molecule has 1 atom stereocenters. The number of aromatic amines is 1. The highest BCUT2D eigenvalue weighted by molar-refractivity contribution is 5.98. The number of piperidine rings is 1. The molecule has 146 valence electrons. The molecule has 4 aromatic rings. The average molecular weight is 385 g/mol. The summed E-state index contributed by atoms with van der Waals surface area (Å²) in [6.45, 7) is 2.18. The standard InChI is InChI=1S/C23H23N5O/c29-23(18-7-6-17-8-10-25-21(17)14-18)28-12-3-4-19(15-28)22-26-11-13-27(22)16-20-5-1-2-9-24-20/h1-2,5-11,13-14,19,25H,3-4,12,15-16H2/t19-/m0/s1. The van der Waals surface area contributed by atoms with Gasteiger partial charge in [0.25, 0.3) is 5.91 Å². The van der Waals surface area contributed by atoms with Gasteiger partial charge < -0.3 is 14.5 Å². The zero-order valence-corrected chi connectivity index (χ0v) is 16.2. The van der Waals surface area contributed by atoms with E-state index < -0.39 is 0 Å². The van der Waals surface area contributed by atoms with Crippen LogP contribution in [0.5, 0.6) is 0 Å². The van der Waals surface area contributed by atoms with E-state index in [1.165, 1.54) is 0 Å². The molecule has 0 saturated carbocycles. The van der Waals surface area contributed by atoms with Crippen LogP contribution < -0.4 is 0 Å². The number of amides is 1. The first-order valence-corrected chi connectivity index (χ1v) is 10.1. The Labute approximate surface area is 169 Å². The Bertz CT molecular complexity index is 1130. The lowest BCUT2D eigenvalue weighted by Gasteiger charge is -2.32. The summed E-state index contributed by atoms with van der Waals surface area (Å²) in [6.07, 6.45) is 9.59. The molecule has 1 fully saturated rings. The van der Waals surface area contributed by atoms with Crippen molar-refractivity contribution in [3.8, 4) is 0 Å². The molecule has 0 aliphatic carbocycles. The molecule has 0 bridgehead atoms. The largest absolute Gasteiger partial charge is 0.361 e. The highest BCUT2D eigenvalue weighted by Crippen LogP contribution is 2.27. The van der Waals surface area contributed by atoms with Crippen molar-refractivity contribution < 1.29 is 4.79 Å². The molecule has 1 aliphatic rings. The molecule has 1 N–H and O–H groups in total. The van der Waals surface area contributed by atoms with Crippen LogP contribution in [-0.4, -0.2) is 43.4 Å². The van der Waals surface area contributed by atoms with Crippen LogP contribution in [0, 0.1) is 0 Å². The van der Waals surface area contributed by atoms with Gasteiger partial charge in [0, 0.05) is 54.9 Å². The first-order valence-electron chi connectivity index (χ1n) is 10.1. The summed E-state index contributed by atoms with van der Waals surface area (Å²) in [5.41, 5.74) is 2.74. The molecule has 1 aromatic carbocycles. The molecule has 1 amide bonds. The maximum atomic E-state index is 13.1. The normalized spacial score (nSPS) is 17.0. The lowest BCUT2D eigenvalue weighted by molar-refractivity contribution is 0.0703. The van der Waals surface area contributed by atoms with E-state index in [-0.39, 0.29) is 11.8 Å². The van der Waals surface area contributed by atoms with Gasteiger partial charge >= 0.3 is 0 Å². The number of H-pyrrole nitrogens is 1. The van der Waals surface area contributed by atoms with Crippen molar-refractivity contribution in [3.05, 3.63) is 84.3 Å². The predicted octanol–water partition coefficient (Wildman–Crippen LogP) is 3.83. The molecule has 6 heteroatoms. The van der Waals surface area contributed by atoms with Gasteiger partial charge in [0.15, 0.2) is 0 Å². The first kappa shape index (κ1) is 17.7. The molecule has 1 aliphatic heterocycles. The highest BCUT2D eigenvalue weighted by Gasteiger charge is 2.28. The Balaban J connectivity index is 1.34. The number of pyridine rings is 1. The van der Waals surface area contributed by atoms with Crippen LogP contribution in [0.2, 0.25) is 0 Å². The number of nitrogens with one attached hydrogen (secondary N) is 1. The number of carbonyl (C=O) groups is 1. The monoisotopic (exact) mass is 385 g/mol. The maximum Gasteiger partial charge on any atom is 0.253 e. The summed E-state index contributed by atoms with van der Waals surface area (Å²) < 4.78 is 2.16. The average Bonchev–Trinajstić information content (AvgIpc) is 3.43. The van der Waals surface area contributed by atoms with E-state index in [0.29, 0.717) is 13.1 Å². The number of rotatable bonds is 4. The molecule has 6 nitrogen and oxygen atoms in total. The Morgan fingerprint density at radius 3 is 3.00 bits per heavy atom. The van der Waals surface area contributed by atoms with E-state index in [4.69, 9.17) is 0 Å². The zero-order chi connectivity index (χ0) is 19.6. The maximum absolute atomic E-state index is 13.1. The predicted molar refractivity (Wildman–Crippen MR) is 112 cm³/mol. The lowest BCUT2D eigenvalue weighted by atomic mass is 9.96. The van der Waals surface area contributed by atoms with Crippen molar-refractivity contribution in [1.29, 1.82) is 0 Å². The summed E-state index contributed by atoms with van der Waals surface area (Å²) in [4.78, 5) is 27.3. The Morgan fingerprint density at radius 2 is 2.10 bits per heavy atom. The molecule has 0 spiro atoms. The minimum atomic E-state index is 0.0917. The fraction of sp³-hybridized carbons (Fsp3) is 0.261. The molecule has 0 radical (unpaired) electrons. The van der Waals surface area contributed by atoms with Gasteiger partial charge in [-0.15, -0.1) is 0 Å². The second-order valence-electron chi connectivity index (χ2n) is 7.60. The Morgan fingerprint density at radius 1 is 1.14 bits per heavy atom. The van der Waals surface area contributed by atoms with E-state index in [0.717, 1.165) is 47.4 Å². The van der Waals surface area contributed by atoms with Crippen LogP contribution in [0.1, 0.15) is 40.6 Å². The minimum Gasteiger partial charge on any atom is -0.361 e. The third-order valence-corrected chi connectivity index (χ3v) is 5.68. The van der Waals surface area contributed by atoms with Gasteiger partial charge in [0.2, 0.25) is 0 Å². The van der Waals surface area contributed by atoms with Gasteiger partial charge in [-0.25, -0.2) is 4.98 Å². The van der Waals surface area contributed by atoms with Gasteiger partial charge in [-0.1, -0.05) is 12.1 Å². The Hall–Kier alpha value is -3.41. The third-order valence-electron chi connectivity index (χ3n) is 5.68. The van der Waals surface area contributed by atoms with Crippen LogP contribution in [-0.2, 0) is 6.54 Å². The Kier molecular flexibility index (Phi) is 4.60. The summed E-state index contributed by atoms with van der Waals surface area (Å²) in [5.74, 6) is 1.36. The fourth-order valence-corrected chi connectivity index (χ4v) is 4.22. The molecule has 4 heterocycles. The molecule has 1 saturated heterocycles. The highest BCUT2D eigenvalue weighted by atomic mass is 16.2. The number of benzene rings is 1. The van der Waals surface area contributed by atoms with Gasteiger partial charge in [0.1, 0.15) is 5.82 Å². The fourth-order valence-electron chi connectivity index (χ4n) is 4.22. The lowest BCUT2D eigenvalue weighted by Crippen LogP contribution is -2.39. The number of imidazole rings is 1. The number of aromatic nitrogens is 4. The van der Waals surface area contributed by atoms with E-state index in [1.807, 2.05) is 72.2 Å². The van der Waals surface area contributed by atoms with Crippen molar-refractivity contribution in [2.24, 2.45) is 0 Å². The van der Waals surface area contributed by atoms with Crippen molar-refractivity contribution in [2.45, 2.75) is 25.3 Å². The van der Waals surface area contributed by atoms with Gasteiger partial charge in [0.05, 0.1) is 12.2 Å².